The molecule has 1 atom stereocenters. The molecule has 0 aliphatic carbocycles. The van der Waals surface area contributed by atoms with Crippen LogP contribution in [0.5, 0.6) is 0 Å². The number of hydrogen-bond donors (Lipinski definition) is 0. The van der Waals surface area contributed by atoms with Gasteiger partial charge in [-0.05, 0) is 57.7 Å². The summed E-state index contributed by atoms with van der Waals surface area (Å²) in [5.74, 6) is -0.199. The zero-order chi connectivity index (χ0) is 19.3. The van der Waals surface area contributed by atoms with E-state index in [0.29, 0.717) is 43.8 Å². The van der Waals surface area contributed by atoms with Crippen molar-refractivity contribution in [2.75, 3.05) is 19.7 Å². The van der Waals surface area contributed by atoms with Crippen LogP contribution in [0, 0.1) is 33.1 Å². The molecule has 1 amide bonds. The number of esters is 1. The Labute approximate surface area is 159 Å². The molecule has 1 spiro atoms. The smallest absolute Gasteiger partial charge is 0.314 e. The van der Waals surface area contributed by atoms with Gasteiger partial charge in [-0.15, -0.1) is 0 Å². The fourth-order valence-corrected chi connectivity index (χ4v) is 4.30. The van der Waals surface area contributed by atoms with E-state index in [1.165, 1.54) is 0 Å². The quantitative estimate of drug-likeness (QED) is 0.766. The van der Waals surface area contributed by atoms with Crippen molar-refractivity contribution in [3.63, 3.8) is 0 Å². The molecule has 6 nitrogen and oxygen atoms in total. The van der Waals surface area contributed by atoms with E-state index in [1.807, 2.05) is 32.4 Å². The van der Waals surface area contributed by atoms with Crippen molar-refractivity contribution >= 4 is 11.9 Å². The molecule has 2 aromatic rings. The molecule has 3 heterocycles. The molecule has 1 unspecified atom stereocenters. The Morgan fingerprint density at radius 2 is 1.96 bits per heavy atom. The predicted octanol–water partition coefficient (Wildman–Crippen LogP) is 2.89. The van der Waals surface area contributed by atoms with Gasteiger partial charge in [-0.3, -0.25) is 9.59 Å². The number of carbonyl (C=O) groups is 2. The normalized spacial score (nSPS) is 21.9. The third-order valence-electron chi connectivity index (χ3n) is 5.99. The largest absolute Gasteiger partial charge is 0.465 e. The highest BCUT2D eigenvalue weighted by atomic mass is 16.5. The van der Waals surface area contributed by atoms with Gasteiger partial charge in [0.15, 0.2) is 0 Å². The van der Waals surface area contributed by atoms with Crippen molar-refractivity contribution in [2.45, 2.75) is 40.5 Å². The molecular weight excluding hydrogens is 342 g/mol. The second kappa shape index (κ2) is 6.22. The van der Waals surface area contributed by atoms with Gasteiger partial charge in [0, 0.05) is 13.1 Å². The highest BCUT2D eigenvalue weighted by Gasteiger charge is 2.50. The second-order valence-corrected chi connectivity index (χ2v) is 7.89. The van der Waals surface area contributed by atoms with E-state index in [9.17, 15) is 9.59 Å². The summed E-state index contributed by atoms with van der Waals surface area (Å²) in [5, 5.41) is 4.66. The van der Waals surface area contributed by atoms with E-state index >= 15 is 0 Å². The Morgan fingerprint density at radius 3 is 2.67 bits per heavy atom. The Bertz CT molecular complexity index is 946. The highest BCUT2D eigenvalue weighted by molar-refractivity contribution is 5.97. The molecular formula is C21H25N3O3. The molecule has 0 saturated carbocycles. The van der Waals surface area contributed by atoms with Crippen LogP contribution < -0.4 is 0 Å². The molecule has 1 aromatic carbocycles. The Kier molecular flexibility index (Phi) is 4.09. The number of cyclic esters (lactones) is 1. The lowest BCUT2D eigenvalue weighted by molar-refractivity contribution is -0.145. The van der Waals surface area contributed by atoms with Crippen molar-refractivity contribution in [2.24, 2.45) is 5.41 Å². The standard InChI is InChI=1S/C21H25N3O3/c1-13-5-6-14(2)17(11-13)24-16(4)18(15(3)22-24)19(25)23-9-7-21(12-23)8-10-27-20(21)26/h5-6,11H,7-10,12H2,1-4H3. The number of benzene rings is 1. The maximum atomic E-state index is 13.3. The van der Waals surface area contributed by atoms with E-state index in [4.69, 9.17) is 4.74 Å². The number of likely N-dealkylation sites (tertiary alicyclic amines) is 1. The van der Waals surface area contributed by atoms with Crippen molar-refractivity contribution in [1.29, 1.82) is 0 Å². The number of aromatic nitrogens is 2. The van der Waals surface area contributed by atoms with Crippen LogP contribution in [0.4, 0.5) is 0 Å². The van der Waals surface area contributed by atoms with Gasteiger partial charge in [0.25, 0.3) is 5.91 Å². The van der Waals surface area contributed by atoms with Gasteiger partial charge >= 0.3 is 5.97 Å². The second-order valence-electron chi connectivity index (χ2n) is 7.89. The molecule has 0 N–H and O–H groups in total. The van der Waals surface area contributed by atoms with Crippen LogP contribution in [0.3, 0.4) is 0 Å². The summed E-state index contributed by atoms with van der Waals surface area (Å²) in [4.78, 5) is 27.2. The van der Waals surface area contributed by atoms with Crippen LogP contribution in [0.15, 0.2) is 18.2 Å². The Balaban J connectivity index is 1.67. The monoisotopic (exact) mass is 367 g/mol. The highest BCUT2D eigenvalue weighted by Crippen LogP contribution is 2.40. The van der Waals surface area contributed by atoms with Crippen LogP contribution in [0.25, 0.3) is 5.69 Å². The van der Waals surface area contributed by atoms with Gasteiger partial charge in [0.1, 0.15) is 0 Å². The topological polar surface area (TPSA) is 64.4 Å². The van der Waals surface area contributed by atoms with E-state index in [2.05, 4.69) is 23.3 Å². The van der Waals surface area contributed by atoms with Crippen molar-refractivity contribution in [3.8, 4) is 5.69 Å². The minimum Gasteiger partial charge on any atom is -0.465 e. The summed E-state index contributed by atoms with van der Waals surface area (Å²) in [5.41, 5.74) is 4.94. The summed E-state index contributed by atoms with van der Waals surface area (Å²) in [7, 11) is 0. The van der Waals surface area contributed by atoms with Crippen LogP contribution in [0.1, 0.15) is 45.7 Å². The fraction of sp³-hybridized carbons (Fsp3) is 0.476. The first kappa shape index (κ1) is 17.8. The van der Waals surface area contributed by atoms with E-state index in [1.54, 1.807) is 4.90 Å². The van der Waals surface area contributed by atoms with Gasteiger partial charge in [-0.1, -0.05) is 12.1 Å². The molecule has 142 valence electrons. The van der Waals surface area contributed by atoms with Crippen LogP contribution in [-0.2, 0) is 9.53 Å². The summed E-state index contributed by atoms with van der Waals surface area (Å²) in [6.07, 6.45) is 1.39. The van der Waals surface area contributed by atoms with Crippen molar-refractivity contribution < 1.29 is 14.3 Å². The Morgan fingerprint density at radius 1 is 1.19 bits per heavy atom. The van der Waals surface area contributed by atoms with Gasteiger partial charge < -0.3 is 9.64 Å². The zero-order valence-corrected chi connectivity index (χ0v) is 16.3. The molecule has 0 radical (unpaired) electrons. The number of nitrogens with zero attached hydrogens (tertiary/aromatic N) is 3. The van der Waals surface area contributed by atoms with Gasteiger partial charge in [-0.25, -0.2) is 4.68 Å². The SMILES string of the molecule is Cc1ccc(C)c(-n2nc(C)c(C(=O)N3CCC4(CCOC4=O)C3)c2C)c1. The molecule has 2 aliphatic heterocycles. The third kappa shape index (κ3) is 2.74. The van der Waals surface area contributed by atoms with Crippen molar-refractivity contribution in [3.05, 3.63) is 46.3 Å². The fourth-order valence-electron chi connectivity index (χ4n) is 4.30. The zero-order valence-electron chi connectivity index (χ0n) is 16.3. The molecule has 27 heavy (non-hydrogen) atoms. The molecule has 4 rings (SSSR count). The van der Waals surface area contributed by atoms with Crippen LogP contribution in [-0.4, -0.2) is 46.3 Å². The summed E-state index contributed by atoms with van der Waals surface area (Å²) >= 11 is 0. The molecule has 6 heteroatoms. The van der Waals surface area contributed by atoms with Gasteiger partial charge in [-0.2, -0.15) is 5.10 Å². The van der Waals surface area contributed by atoms with E-state index in [0.717, 1.165) is 22.5 Å². The first-order valence-electron chi connectivity index (χ1n) is 9.43. The number of rotatable bonds is 2. The molecule has 2 aliphatic rings. The average Bonchev–Trinajstić information content (AvgIpc) is 3.30. The third-order valence-corrected chi connectivity index (χ3v) is 5.99. The summed E-state index contributed by atoms with van der Waals surface area (Å²) in [6.45, 7) is 9.39. The minimum atomic E-state index is -0.499. The number of aryl methyl sites for hydroxylation is 3. The maximum Gasteiger partial charge on any atom is 0.314 e. The lowest BCUT2D eigenvalue weighted by atomic mass is 9.86. The number of ether oxygens (including phenoxy) is 1. The maximum absolute atomic E-state index is 13.3. The number of hydrogen-bond acceptors (Lipinski definition) is 4. The molecule has 2 saturated heterocycles. The lowest BCUT2D eigenvalue weighted by Gasteiger charge is -2.20. The first-order valence-corrected chi connectivity index (χ1v) is 9.43. The molecule has 1 aromatic heterocycles. The molecule has 2 fully saturated rings. The summed E-state index contributed by atoms with van der Waals surface area (Å²) in [6, 6.07) is 6.22. The average molecular weight is 367 g/mol. The van der Waals surface area contributed by atoms with Crippen LogP contribution >= 0.6 is 0 Å². The first-order chi connectivity index (χ1) is 12.8. The molecule has 0 bridgehead atoms. The Hall–Kier alpha value is -2.63. The summed E-state index contributed by atoms with van der Waals surface area (Å²) < 4.78 is 7.03. The number of amides is 1. The predicted molar refractivity (Wildman–Crippen MR) is 101 cm³/mol. The van der Waals surface area contributed by atoms with E-state index < -0.39 is 5.41 Å². The number of carbonyl (C=O) groups excluding carboxylic acids is 2. The van der Waals surface area contributed by atoms with Gasteiger partial charge in [0.2, 0.25) is 0 Å². The van der Waals surface area contributed by atoms with Gasteiger partial charge in [0.05, 0.1) is 34.7 Å². The van der Waals surface area contributed by atoms with Crippen LogP contribution in [0.2, 0.25) is 0 Å². The minimum absolute atomic E-state index is 0.0434. The van der Waals surface area contributed by atoms with E-state index in [-0.39, 0.29) is 11.9 Å². The van der Waals surface area contributed by atoms with Crippen molar-refractivity contribution in [1.82, 2.24) is 14.7 Å². The lowest BCUT2D eigenvalue weighted by Crippen LogP contribution is -2.34.